The van der Waals surface area contributed by atoms with Crippen molar-refractivity contribution in [3.63, 3.8) is 0 Å². The molecule has 0 radical (unpaired) electrons. The van der Waals surface area contributed by atoms with E-state index in [-0.39, 0.29) is 30.0 Å². The Hall–Kier alpha value is -1.57. The van der Waals surface area contributed by atoms with E-state index in [2.05, 4.69) is 59.8 Å². The molecule has 0 aliphatic carbocycles. The minimum Gasteiger partial charge on any atom is -0.359 e. The lowest BCUT2D eigenvalue weighted by atomic mass is 10.0. The monoisotopic (exact) mass is 428 g/mol. The molecule has 0 aliphatic heterocycles. The lowest BCUT2D eigenvalue weighted by Gasteiger charge is -2.19. The van der Waals surface area contributed by atoms with Crippen LogP contribution in [0, 0.1) is 6.92 Å². The SMILES string of the molecule is CCc1cc(CNC(=NC)NC(C)c2ccccc2C)on1.I. The molecule has 1 unspecified atom stereocenters. The van der Waals surface area contributed by atoms with E-state index in [4.69, 9.17) is 4.52 Å². The molecule has 0 saturated carbocycles. The fourth-order valence-electron chi connectivity index (χ4n) is 2.33. The summed E-state index contributed by atoms with van der Waals surface area (Å²) < 4.78 is 5.26. The van der Waals surface area contributed by atoms with Crippen molar-refractivity contribution in [1.29, 1.82) is 0 Å². The van der Waals surface area contributed by atoms with Gasteiger partial charge in [-0.15, -0.1) is 24.0 Å². The number of halogens is 1. The largest absolute Gasteiger partial charge is 0.359 e. The summed E-state index contributed by atoms with van der Waals surface area (Å²) in [5.41, 5.74) is 3.49. The molecule has 0 spiro atoms. The quantitative estimate of drug-likeness (QED) is 0.434. The highest BCUT2D eigenvalue weighted by atomic mass is 127. The van der Waals surface area contributed by atoms with Crippen molar-refractivity contribution in [1.82, 2.24) is 15.8 Å². The number of hydrogen-bond acceptors (Lipinski definition) is 3. The van der Waals surface area contributed by atoms with Gasteiger partial charge in [0, 0.05) is 13.1 Å². The Labute approximate surface area is 155 Å². The third kappa shape index (κ3) is 5.53. The van der Waals surface area contributed by atoms with Gasteiger partial charge < -0.3 is 15.2 Å². The number of hydrogen-bond donors (Lipinski definition) is 2. The molecule has 1 atom stereocenters. The van der Waals surface area contributed by atoms with Gasteiger partial charge in [0.15, 0.2) is 11.7 Å². The lowest BCUT2D eigenvalue weighted by Crippen LogP contribution is -2.38. The van der Waals surface area contributed by atoms with Gasteiger partial charge in [0.25, 0.3) is 0 Å². The summed E-state index contributed by atoms with van der Waals surface area (Å²) in [7, 11) is 1.76. The summed E-state index contributed by atoms with van der Waals surface area (Å²) in [6.07, 6.45) is 0.876. The number of aryl methyl sites for hydroxylation is 2. The van der Waals surface area contributed by atoms with Gasteiger partial charge in [-0.05, 0) is 31.4 Å². The molecule has 0 bridgehead atoms. The molecule has 2 aromatic rings. The zero-order valence-corrected chi connectivity index (χ0v) is 16.4. The Bertz CT molecular complexity index is 639. The zero-order chi connectivity index (χ0) is 15.9. The number of benzene rings is 1. The molecule has 0 saturated heterocycles. The molecule has 0 aliphatic rings. The number of nitrogens with zero attached hydrogens (tertiary/aromatic N) is 2. The van der Waals surface area contributed by atoms with Gasteiger partial charge >= 0.3 is 0 Å². The molecule has 6 heteroatoms. The molecule has 126 valence electrons. The minimum atomic E-state index is 0. The summed E-state index contributed by atoms with van der Waals surface area (Å²) in [4.78, 5) is 4.26. The third-order valence-electron chi connectivity index (χ3n) is 3.63. The maximum atomic E-state index is 5.26. The molecule has 1 aromatic carbocycles. The second kappa shape index (κ2) is 9.54. The Kier molecular flexibility index (Phi) is 8.08. The Morgan fingerprint density at radius 3 is 2.70 bits per heavy atom. The highest BCUT2D eigenvalue weighted by Crippen LogP contribution is 2.16. The van der Waals surface area contributed by atoms with Gasteiger partial charge in [0.2, 0.25) is 0 Å². The van der Waals surface area contributed by atoms with Crippen LogP contribution in [0.15, 0.2) is 39.8 Å². The van der Waals surface area contributed by atoms with Crippen LogP contribution in [0.2, 0.25) is 0 Å². The summed E-state index contributed by atoms with van der Waals surface area (Å²) in [6, 6.07) is 10.5. The highest BCUT2D eigenvalue weighted by molar-refractivity contribution is 14.0. The summed E-state index contributed by atoms with van der Waals surface area (Å²) in [5.74, 6) is 1.55. The highest BCUT2D eigenvalue weighted by Gasteiger charge is 2.10. The first-order valence-electron chi connectivity index (χ1n) is 7.61. The molecule has 1 heterocycles. The maximum absolute atomic E-state index is 5.26. The first kappa shape index (κ1) is 19.5. The molecule has 0 fully saturated rings. The van der Waals surface area contributed by atoms with Crippen LogP contribution in [-0.4, -0.2) is 18.2 Å². The van der Waals surface area contributed by atoms with Crippen molar-refractivity contribution in [3.05, 3.63) is 52.9 Å². The molecule has 2 rings (SSSR count). The van der Waals surface area contributed by atoms with E-state index in [0.29, 0.717) is 6.54 Å². The van der Waals surface area contributed by atoms with Crippen LogP contribution in [-0.2, 0) is 13.0 Å². The lowest BCUT2D eigenvalue weighted by molar-refractivity contribution is 0.374. The van der Waals surface area contributed by atoms with E-state index in [9.17, 15) is 0 Å². The van der Waals surface area contributed by atoms with E-state index in [1.807, 2.05) is 12.1 Å². The van der Waals surface area contributed by atoms with Gasteiger partial charge in [-0.2, -0.15) is 0 Å². The zero-order valence-electron chi connectivity index (χ0n) is 14.1. The van der Waals surface area contributed by atoms with Gasteiger partial charge in [-0.1, -0.05) is 36.3 Å². The third-order valence-corrected chi connectivity index (χ3v) is 3.63. The van der Waals surface area contributed by atoms with Crippen LogP contribution in [0.3, 0.4) is 0 Å². The Morgan fingerprint density at radius 1 is 1.35 bits per heavy atom. The number of guanidine groups is 1. The van der Waals surface area contributed by atoms with Gasteiger partial charge in [-0.25, -0.2) is 0 Å². The van der Waals surface area contributed by atoms with Gasteiger partial charge in [-0.3, -0.25) is 4.99 Å². The van der Waals surface area contributed by atoms with Crippen molar-refractivity contribution in [2.24, 2.45) is 4.99 Å². The topological polar surface area (TPSA) is 62.5 Å². The number of aromatic nitrogens is 1. The normalized spacial score (nSPS) is 12.4. The molecule has 1 aromatic heterocycles. The minimum absolute atomic E-state index is 0. The van der Waals surface area contributed by atoms with E-state index in [1.165, 1.54) is 11.1 Å². The van der Waals surface area contributed by atoms with Gasteiger partial charge in [0.05, 0.1) is 18.3 Å². The van der Waals surface area contributed by atoms with Crippen molar-refractivity contribution < 1.29 is 4.52 Å². The molecule has 5 nitrogen and oxygen atoms in total. The average molecular weight is 428 g/mol. The predicted octanol–water partition coefficient (Wildman–Crippen LogP) is 3.59. The van der Waals surface area contributed by atoms with Crippen LogP contribution in [0.1, 0.15) is 42.5 Å². The molecule has 0 amide bonds. The second-order valence-electron chi connectivity index (χ2n) is 5.29. The number of nitrogens with one attached hydrogen (secondary N) is 2. The summed E-state index contributed by atoms with van der Waals surface area (Å²) in [5, 5.41) is 10.6. The van der Waals surface area contributed by atoms with E-state index in [0.717, 1.165) is 23.8 Å². The second-order valence-corrected chi connectivity index (χ2v) is 5.29. The fourth-order valence-corrected chi connectivity index (χ4v) is 2.33. The fraction of sp³-hybridized carbons (Fsp3) is 0.412. The maximum Gasteiger partial charge on any atom is 0.191 e. The van der Waals surface area contributed by atoms with Crippen molar-refractivity contribution in [3.8, 4) is 0 Å². The van der Waals surface area contributed by atoms with Crippen LogP contribution in [0.5, 0.6) is 0 Å². The molecular formula is C17H25IN4O. The number of rotatable bonds is 5. The van der Waals surface area contributed by atoms with Crippen LogP contribution in [0.25, 0.3) is 0 Å². The van der Waals surface area contributed by atoms with Crippen LogP contribution < -0.4 is 10.6 Å². The standard InChI is InChI=1S/C17H24N4O.HI/c1-5-14-10-15(22-21-14)11-19-17(18-4)20-13(3)16-9-7-6-8-12(16)2;/h6-10,13H,5,11H2,1-4H3,(H2,18,19,20);1H. The van der Waals surface area contributed by atoms with Gasteiger partial charge in [0.1, 0.15) is 0 Å². The predicted molar refractivity (Wildman–Crippen MR) is 104 cm³/mol. The van der Waals surface area contributed by atoms with E-state index < -0.39 is 0 Å². The van der Waals surface area contributed by atoms with Crippen molar-refractivity contribution in [2.45, 2.75) is 39.8 Å². The molecule has 2 N–H and O–H groups in total. The molecular weight excluding hydrogens is 403 g/mol. The Morgan fingerprint density at radius 2 is 2.09 bits per heavy atom. The van der Waals surface area contributed by atoms with Crippen molar-refractivity contribution in [2.75, 3.05) is 7.05 Å². The Balaban J connectivity index is 0.00000264. The van der Waals surface area contributed by atoms with Crippen molar-refractivity contribution >= 4 is 29.9 Å². The summed E-state index contributed by atoms with van der Waals surface area (Å²) >= 11 is 0. The van der Waals surface area contributed by atoms with Crippen LogP contribution >= 0.6 is 24.0 Å². The number of aliphatic imine (C=N–C) groups is 1. The first-order chi connectivity index (χ1) is 10.6. The van der Waals surface area contributed by atoms with E-state index >= 15 is 0 Å². The molecule has 23 heavy (non-hydrogen) atoms. The van der Waals surface area contributed by atoms with Crippen LogP contribution in [0.4, 0.5) is 0 Å². The summed E-state index contributed by atoms with van der Waals surface area (Å²) in [6.45, 7) is 6.86. The first-order valence-corrected chi connectivity index (χ1v) is 7.61. The average Bonchev–Trinajstić information content (AvgIpc) is 2.99. The smallest absolute Gasteiger partial charge is 0.191 e. The van der Waals surface area contributed by atoms with E-state index in [1.54, 1.807) is 7.05 Å².